The lowest BCUT2D eigenvalue weighted by Gasteiger charge is -2.39. The van der Waals surface area contributed by atoms with Crippen molar-refractivity contribution in [2.75, 3.05) is 4.90 Å². The average molecular weight is 877 g/mol. The Kier molecular flexibility index (Phi) is 8.84. The van der Waals surface area contributed by atoms with Gasteiger partial charge in [0.2, 0.25) is 0 Å². The Morgan fingerprint density at radius 2 is 0.696 bits per heavy atom. The van der Waals surface area contributed by atoms with E-state index in [4.69, 9.17) is 0 Å². The van der Waals surface area contributed by atoms with Crippen LogP contribution in [-0.4, -0.2) is 4.57 Å². The van der Waals surface area contributed by atoms with Crippen molar-refractivity contribution >= 4 is 38.9 Å². The molecule has 2 nitrogen and oxygen atoms in total. The highest BCUT2D eigenvalue weighted by atomic mass is 15.1. The third-order valence-corrected chi connectivity index (χ3v) is 14.8. The molecular weight excluding hydrogens is 833 g/mol. The zero-order valence-electron chi connectivity index (χ0n) is 37.8. The molecule has 0 saturated heterocycles. The van der Waals surface area contributed by atoms with Gasteiger partial charge in [-0.15, -0.1) is 0 Å². The fourth-order valence-corrected chi connectivity index (χ4v) is 11.7. The van der Waals surface area contributed by atoms with E-state index in [2.05, 4.69) is 276 Å². The van der Waals surface area contributed by atoms with Gasteiger partial charge in [0, 0.05) is 27.8 Å². The van der Waals surface area contributed by atoms with Gasteiger partial charge in [-0.25, -0.2) is 0 Å². The van der Waals surface area contributed by atoms with Crippen LogP contribution in [0.4, 0.5) is 17.1 Å². The van der Waals surface area contributed by atoms with Crippen LogP contribution in [0.2, 0.25) is 0 Å². The van der Waals surface area contributed by atoms with Crippen LogP contribution >= 0.6 is 0 Å². The number of fused-ring (bicyclic) bond motifs is 12. The van der Waals surface area contributed by atoms with Crippen LogP contribution in [-0.2, 0) is 5.41 Å². The second-order valence-corrected chi connectivity index (χ2v) is 18.4. The number of nitrogens with zero attached hydrogens (tertiary/aromatic N) is 2. The summed E-state index contributed by atoms with van der Waals surface area (Å²) >= 11 is 0. The Morgan fingerprint density at radius 1 is 0.275 bits per heavy atom. The molecule has 12 aromatic rings. The quantitative estimate of drug-likeness (QED) is 0.155. The second-order valence-electron chi connectivity index (χ2n) is 18.4. The van der Waals surface area contributed by atoms with Crippen LogP contribution in [0.1, 0.15) is 22.3 Å². The summed E-state index contributed by atoms with van der Waals surface area (Å²) in [6.07, 6.45) is 0. The molecule has 0 fully saturated rings. The Bertz CT molecular complexity index is 3900. The lowest BCUT2D eigenvalue weighted by Crippen LogP contribution is -2.33. The summed E-state index contributed by atoms with van der Waals surface area (Å²) in [5, 5.41) is 2.59. The van der Waals surface area contributed by atoms with Gasteiger partial charge in [-0.1, -0.05) is 212 Å². The van der Waals surface area contributed by atoms with Crippen molar-refractivity contribution in [3.63, 3.8) is 0 Å². The maximum absolute atomic E-state index is 2.51. The molecule has 0 amide bonds. The molecule has 2 aliphatic rings. The van der Waals surface area contributed by atoms with Crippen molar-refractivity contribution in [2.24, 2.45) is 0 Å². The van der Waals surface area contributed by atoms with Gasteiger partial charge in [0.15, 0.2) is 0 Å². The minimum atomic E-state index is -0.466. The first kappa shape index (κ1) is 39.2. The number of aromatic nitrogens is 1. The maximum Gasteiger partial charge on any atom is 0.0754 e. The zero-order valence-corrected chi connectivity index (χ0v) is 37.8. The minimum absolute atomic E-state index is 0.466. The summed E-state index contributed by atoms with van der Waals surface area (Å²) in [5.41, 5.74) is 24.1. The van der Waals surface area contributed by atoms with Crippen molar-refractivity contribution in [3.8, 4) is 61.3 Å². The minimum Gasteiger partial charge on any atom is -0.311 e. The summed E-state index contributed by atoms with van der Waals surface area (Å²) in [6, 6.07) is 98.3. The molecule has 1 aliphatic heterocycles. The highest BCUT2D eigenvalue weighted by molar-refractivity contribution is 6.13. The molecule has 11 aromatic carbocycles. The summed E-state index contributed by atoms with van der Waals surface area (Å²) in [5.74, 6) is 0. The zero-order chi connectivity index (χ0) is 45.5. The molecule has 0 N–H and O–H groups in total. The molecule has 14 rings (SSSR count). The standard InChI is InChI=1S/C67H44N2/c1-3-14-45(15-4-1)47-26-28-48(29-27-47)50-32-39-54(40-33-50)68(53-37-30-49(31-38-53)46-16-5-2-6-17-46)55-41-34-51(35-42-55)52-36-43-61-59(44-52)56-18-7-9-21-60(56)67(61)62-22-10-12-25-65(62)69-64-24-11-8-19-57(64)58-20-13-23-63(67)66(58)69/h1-44H. The van der Waals surface area contributed by atoms with E-state index < -0.39 is 5.41 Å². The molecule has 1 aromatic heterocycles. The van der Waals surface area contributed by atoms with Crippen LogP contribution in [0.25, 0.3) is 83.1 Å². The molecule has 69 heavy (non-hydrogen) atoms. The molecule has 2 heterocycles. The van der Waals surface area contributed by atoms with Gasteiger partial charge < -0.3 is 9.47 Å². The first-order chi connectivity index (χ1) is 34.2. The SMILES string of the molecule is c1ccc(-c2ccc(-c3ccc(N(c4ccc(-c5ccccc5)cc4)c4ccc(-c5ccc6c(c5)-c5ccccc5C65c6ccccc6-n6c7ccccc7c7cccc5c76)cc4)cc3)cc2)cc1. The first-order valence-corrected chi connectivity index (χ1v) is 23.9. The van der Waals surface area contributed by atoms with Crippen molar-refractivity contribution in [1.82, 2.24) is 4.57 Å². The van der Waals surface area contributed by atoms with Gasteiger partial charge in [0.1, 0.15) is 0 Å². The van der Waals surface area contributed by atoms with E-state index in [1.54, 1.807) is 0 Å². The van der Waals surface area contributed by atoms with Gasteiger partial charge >= 0.3 is 0 Å². The van der Waals surface area contributed by atoms with E-state index in [0.29, 0.717) is 0 Å². The van der Waals surface area contributed by atoms with Gasteiger partial charge in [0.25, 0.3) is 0 Å². The molecular formula is C67H44N2. The molecule has 0 bridgehead atoms. The molecule has 1 atom stereocenters. The highest BCUT2D eigenvalue weighted by Gasteiger charge is 2.50. The number of hydrogen-bond donors (Lipinski definition) is 0. The Labute approximate surface area is 402 Å². The monoisotopic (exact) mass is 876 g/mol. The summed E-state index contributed by atoms with van der Waals surface area (Å²) in [4.78, 5) is 2.37. The third kappa shape index (κ3) is 5.99. The Balaban J connectivity index is 0.857. The smallest absolute Gasteiger partial charge is 0.0754 e. The Morgan fingerprint density at radius 3 is 1.30 bits per heavy atom. The van der Waals surface area contributed by atoms with E-state index in [1.807, 2.05) is 0 Å². The van der Waals surface area contributed by atoms with E-state index in [-0.39, 0.29) is 0 Å². The lowest BCUT2D eigenvalue weighted by molar-refractivity contribution is 0.748. The van der Waals surface area contributed by atoms with E-state index in [1.165, 1.54) is 105 Å². The van der Waals surface area contributed by atoms with Gasteiger partial charge in [-0.2, -0.15) is 0 Å². The average Bonchev–Trinajstić information content (AvgIpc) is 3.92. The van der Waals surface area contributed by atoms with Crippen molar-refractivity contribution < 1.29 is 0 Å². The topological polar surface area (TPSA) is 8.17 Å². The summed E-state index contributed by atoms with van der Waals surface area (Å²) < 4.78 is 2.51. The fraction of sp³-hybridized carbons (Fsp3) is 0.0149. The molecule has 0 radical (unpaired) electrons. The molecule has 1 unspecified atom stereocenters. The number of hydrogen-bond acceptors (Lipinski definition) is 1. The molecule has 0 saturated carbocycles. The van der Waals surface area contributed by atoms with Gasteiger partial charge in [-0.3, -0.25) is 0 Å². The van der Waals surface area contributed by atoms with Crippen molar-refractivity contribution in [1.29, 1.82) is 0 Å². The van der Waals surface area contributed by atoms with Crippen molar-refractivity contribution in [3.05, 3.63) is 289 Å². The van der Waals surface area contributed by atoms with Gasteiger partial charge in [0.05, 0.1) is 22.1 Å². The molecule has 2 heteroatoms. The molecule has 322 valence electrons. The third-order valence-electron chi connectivity index (χ3n) is 14.8. The van der Waals surface area contributed by atoms with Crippen LogP contribution in [0.15, 0.2) is 267 Å². The summed E-state index contributed by atoms with van der Waals surface area (Å²) in [6.45, 7) is 0. The lowest BCUT2D eigenvalue weighted by atomic mass is 9.65. The number of benzene rings is 11. The predicted molar refractivity (Wildman–Crippen MR) is 288 cm³/mol. The van der Waals surface area contributed by atoms with Crippen LogP contribution < -0.4 is 4.90 Å². The van der Waals surface area contributed by atoms with E-state index in [9.17, 15) is 0 Å². The van der Waals surface area contributed by atoms with Crippen molar-refractivity contribution in [2.45, 2.75) is 5.41 Å². The van der Waals surface area contributed by atoms with E-state index >= 15 is 0 Å². The highest BCUT2D eigenvalue weighted by Crippen LogP contribution is 2.61. The molecule has 1 spiro atoms. The Hall–Kier alpha value is -8.98. The van der Waals surface area contributed by atoms with Gasteiger partial charge in [-0.05, 0) is 132 Å². The van der Waals surface area contributed by atoms with Crippen LogP contribution in [0.5, 0.6) is 0 Å². The second kappa shape index (κ2) is 15.6. The largest absolute Gasteiger partial charge is 0.311 e. The first-order valence-electron chi connectivity index (χ1n) is 23.9. The van der Waals surface area contributed by atoms with Crippen LogP contribution in [0, 0.1) is 0 Å². The number of rotatable bonds is 7. The summed E-state index contributed by atoms with van der Waals surface area (Å²) in [7, 11) is 0. The maximum atomic E-state index is 2.51. The predicted octanol–water partition coefficient (Wildman–Crippen LogP) is 17.6. The van der Waals surface area contributed by atoms with E-state index in [0.717, 1.165) is 17.1 Å². The fourth-order valence-electron chi connectivity index (χ4n) is 11.7. The molecule has 1 aliphatic carbocycles. The number of anilines is 3. The number of para-hydroxylation sites is 3. The normalized spacial score (nSPS) is 14.1. The van der Waals surface area contributed by atoms with Crippen LogP contribution in [0.3, 0.4) is 0 Å².